The van der Waals surface area contributed by atoms with Crippen LogP contribution in [0.25, 0.3) is 0 Å². The Morgan fingerprint density at radius 1 is 1.32 bits per heavy atom. The molecular weight excluding hydrogens is 267 g/mol. The number of carboxylic acid groups (broad SMARTS) is 1. The molecule has 1 aromatic rings. The van der Waals surface area contributed by atoms with Gasteiger partial charge in [0.15, 0.2) is 5.78 Å². The van der Waals surface area contributed by atoms with Crippen molar-refractivity contribution >= 4 is 23.5 Å². The third kappa shape index (κ3) is 5.87. The first-order chi connectivity index (χ1) is 9.00. The van der Waals surface area contributed by atoms with Crippen molar-refractivity contribution in [1.29, 1.82) is 0 Å². The molecule has 0 atom stereocenters. The van der Waals surface area contributed by atoms with E-state index in [2.05, 4.69) is 0 Å². The van der Waals surface area contributed by atoms with Crippen molar-refractivity contribution in [3.05, 3.63) is 35.1 Å². The highest BCUT2D eigenvalue weighted by molar-refractivity contribution is 7.99. The van der Waals surface area contributed by atoms with Gasteiger partial charge in [-0.3, -0.25) is 9.59 Å². The van der Waals surface area contributed by atoms with E-state index in [9.17, 15) is 14.0 Å². The minimum atomic E-state index is -0.789. The average Bonchev–Trinajstić information content (AvgIpc) is 2.36. The summed E-state index contributed by atoms with van der Waals surface area (Å²) in [6.45, 7) is 1.63. The number of aryl methyl sites for hydroxylation is 1. The Kier molecular flexibility index (Phi) is 6.56. The van der Waals surface area contributed by atoms with E-state index in [-0.39, 0.29) is 18.0 Å². The molecule has 5 heteroatoms. The number of thioether (sulfide) groups is 1. The molecule has 0 saturated heterocycles. The molecular formula is C14H17FO3S. The summed E-state index contributed by atoms with van der Waals surface area (Å²) in [7, 11) is 0. The summed E-state index contributed by atoms with van der Waals surface area (Å²) in [4.78, 5) is 22.1. The Morgan fingerprint density at radius 3 is 2.68 bits per heavy atom. The lowest BCUT2D eigenvalue weighted by Gasteiger charge is -2.03. The summed E-state index contributed by atoms with van der Waals surface area (Å²) in [5.74, 6) is -0.00998. The van der Waals surface area contributed by atoms with Crippen LogP contribution in [-0.4, -0.2) is 28.4 Å². The van der Waals surface area contributed by atoms with Gasteiger partial charge in [-0.25, -0.2) is 4.39 Å². The van der Waals surface area contributed by atoms with Gasteiger partial charge in [-0.1, -0.05) is 0 Å². The number of Topliss-reactive ketones (excluding diaryl/α,β-unsaturated/α-hetero) is 1. The van der Waals surface area contributed by atoms with Crippen LogP contribution in [0.3, 0.4) is 0 Å². The lowest BCUT2D eigenvalue weighted by molar-refractivity contribution is -0.137. The van der Waals surface area contributed by atoms with E-state index < -0.39 is 5.97 Å². The van der Waals surface area contributed by atoms with Crippen LogP contribution < -0.4 is 0 Å². The fraction of sp³-hybridized carbons (Fsp3) is 0.429. The van der Waals surface area contributed by atoms with E-state index in [0.717, 1.165) is 12.2 Å². The van der Waals surface area contributed by atoms with Crippen LogP contribution in [0, 0.1) is 12.7 Å². The standard InChI is InChI=1S/C14H17FO3S/c1-10-8-11(5-6-12(10)15)13(16)9-19-7-3-2-4-14(17)18/h5-6,8H,2-4,7,9H2,1H3,(H,17,18). The number of hydrogen-bond acceptors (Lipinski definition) is 3. The fourth-order valence-corrected chi connectivity index (χ4v) is 2.45. The summed E-state index contributed by atoms with van der Waals surface area (Å²) >= 11 is 1.48. The molecule has 0 aliphatic carbocycles. The number of aliphatic carboxylic acids is 1. The number of carbonyl (C=O) groups is 2. The first-order valence-electron chi connectivity index (χ1n) is 6.09. The summed E-state index contributed by atoms with van der Waals surface area (Å²) in [5.41, 5.74) is 0.995. The first-order valence-corrected chi connectivity index (χ1v) is 7.25. The lowest BCUT2D eigenvalue weighted by atomic mass is 10.1. The number of halogens is 1. The number of hydrogen-bond donors (Lipinski definition) is 1. The van der Waals surface area contributed by atoms with Crippen LogP contribution in [0.1, 0.15) is 35.2 Å². The van der Waals surface area contributed by atoms with Crippen LogP contribution in [0.4, 0.5) is 4.39 Å². The summed E-state index contributed by atoms with van der Waals surface area (Å²) < 4.78 is 13.1. The van der Waals surface area contributed by atoms with Crippen molar-refractivity contribution in [3.63, 3.8) is 0 Å². The highest BCUT2D eigenvalue weighted by atomic mass is 32.2. The van der Waals surface area contributed by atoms with E-state index in [4.69, 9.17) is 5.11 Å². The lowest BCUT2D eigenvalue weighted by Crippen LogP contribution is -2.04. The molecule has 0 amide bonds. The molecule has 19 heavy (non-hydrogen) atoms. The van der Waals surface area contributed by atoms with Crippen LogP contribution in [0.5, 0.6) is 0 Å². The SMILES string of the molecule is Cc1cc(C(=O)CSCCCCC(=O)O)ccc1F. The molecule has 0 unspecified atom stereocenters. The number of carbonyl (C=O) groups excluding carboxylic acids is 1. The van der Waals surface area contributed by atoms with Gasteiger partial charge in [0, 0.05) is 12.0 Å². The molecule has 0 spiro atoms. The van der Waals surface area contributed by atoms with E-state index in [1.165, 1.54) is 23.9 Å². The summed E-state index contributed by atoms with van der Waals surface area (Å²) in [5, 5.41) is 8.46. The maximum absolute atomic E-state index is 13.1. The van der Waals surface area contributed by atoms with Gasteiger partial charge in [0.2, 0.25) is 0 Å². The number of carboxylic acids is 1. The Labute approximate surface area is 116 Å². The van der Waals surface area contributed by atoms with Gasteiger partial charge in [-0.05, 0) is 49.3 Å². The molecule has 0 aromatic heterocycles. The highest BCUT2D eigenvalue weighted by Crippen LogP contribution is 2.13. The van der Waals surface area contributed by atoms with E-state index in [1.807, 2.05) is 0 Å². The molecule has 0 heterocycles. The Balaban J connectivity index is 2.27. The Bertz CT molecular complexity index is 460. The Hall–Kier alpha value is -1.36. The number of rotatable bonds is 8. The molecule has 3 nitrogen and oxygen atoms in total. The van der Waals surface area contributed by atoms with E-state index in [1.54, 1.807) is 13.0 Å². The van der Waals surface area contributed by atoms with Crippen LogP contribution in [0.2, 0.25) is 0 Å². The molecule has 0 saturated carbocycles. The molecule has 0 aliphatic rings. The summed E-state index contributed by atoms with van der Waals surface area (Å²) in [6, 6.07) is 4.36. The molecule has 0 radical (unpaired) electrons. The zero-order valence-electron chi connectivity index (χ0n) is 10.8. The maximum atomic E-state index is 13.1. The van der Waals surface area contributed by atoms with Gasteiger partial charge in [-0.2, -0.15) is 11.8 Å². The van der Waals surface area contributed by atoms with Crippen LogP contribution >= 0.6 is 11.8 Å². The van der Waals surface area contributed by atoms with Crippen molar-refractivity contribution in [2.75, 3.05) is 11.5 Å². The van der Waals surface area contributed by atoms with Crippen molar-refractivity contribution < 1.29 is 19.1 Å². The zero-order valence-corrected chi connectivity index (χ0v) is 11.6. The molecule has 1 aromatic carbocycles. The fourth-order valence-electron chi connectivity index (χ4n) is 1.55. The van der Waals surface area contributed by atoms with Gasteiger partial charge < -0.3 is 5.11 Å². The third-order valence-electron chi connectivity index (χ3n) is 2.64. The molecule has 0 aliphatic heterocycles. The van der Waals surface area contributed by atoms with Gasteiger partial charge in [0.25, 0.3) is 0 Å². The van der Waals surface area contributed by atoms with Crippen LogP contribution in [0.15, 0.2) is 18.2 Å². The van der Waals surface area contributed by atoms with Crippen molar-refractivity contribution in [1.82, 2.24) is 0 Å². The topological polar surface area (TPSA) is 54.4 Å². The maximum Gasteiger partial charge on any atom is 0.303 e. The molecule has 0 bridgehead atoms. The van der Waals surface area contributed by atoms with Crippen molar-refractivity contribution in [2.24, 2.45) is 0 Å². The molecule has 1 rings (SSSR count). The predicted octanol–water partition coefficient (Wildman–Crippen LogP) is 3.30. The Morgan fingerprint density at radius 2 is 2.05 bits per heavy atom. The highest BCUT2D eigenvalue weighted by Gasteiger charge is 2.08. The predicted molar refractivity (Wildman–Crippen MR) is 74.3 cm³/mol. The average molecular weight is 284 g/mol. The van der Waals surface area contributed by atoms with Crippen molar-refractivity contribution in [3.8, 4) is 0 Å². The van der Waals surface area contributed by atoms with E-state index >= 15 is 0 Å². The smallest absolute Gasteiger partial charge is 0.303 e. The third-order valence-corrected chi connectivity index (χ3v) is 3.69. The van der Waals surface area contributed by atoms with Gasteiger partial charge in [-0.15, -0.1) is 0 Å². The normalized spacial score (nSPS) is 10.4. The minimum Gasteiger partial charge on any atom is -0.481 e. The second-order valence-electron chi connectivity index (χ2n) is 4.29. The molecule has 1 N–H and O–H groups in total. The number of benzene rings is 1. The largest absolute Gasteiger partial charge is 0.481 e. The quantitative estimate of drug-likeness (QED) is 0.588. The second-order valence-corrected chi connectivity index (χ2v) is 5.40. The first kappa shape index (κ1) is 15.7. The number of unbranched alkanes of at least 4 members (excludes halogenated alkanes) is 1. The van der Waals surface area contributed by atoms with Crippen molar-refractivity contribution in [2.45, 2.75) is 26.2 Å². The van der Waals surface area contributed by atoms with Crippen LogP contribution in [-0.2, 0) is 4.79 Å². The van der Waals surface area contributed by atoms with Gasteiger partial charge >= 0.3 is 5.97 Å². The van der Waals surface area contributed by atoms with Gasteiger partial charge in [0.05, 0.1) is 5.75 Å². The monoisotopic (exact) mass is 284 g/mol. The minimum absolute atomic E-state index is 0.0219. The van der Waals surface area contributed by atoms with Gasteiger partial charge in [0.1, 0.15) is 5.82 Å². The van der Waals surface area contributed by atoms with E-state index in [0.29, 0.717) is 23.3 Å². The number of ketones is 1. The molecule has 104 valence electrons. The molecule has 0 fully saturated rings. The summed E-state index contributed by atoms with van der Waals surface area (Å²) in [6.07, 6.45) is 1.59. The second kappa shape index (κ2) is 7.94. The zero-order chi connectivity index (χ0) is 14.3.